The van der Waals surface area contributed by atoms with Gasteiger partial charge in [0.05, 0.1) is 16.4 Å². The number of aryl methyl sites for hydroxylation is 1. The summed E-state index contributed by atoms with van der Waals surface area (Å²) in [7, 11) is 0. The van der Waals surface area contributed by atoms with Gasteiger partial charge in [-0.15, -0.1) is 0 Å². The normalized spacial score (nSPS) is 11.7. The second-order valence-electron chi connectivity index (χ2n) is 7.05. The van der Waals surface area contributed by atoms with Gasteiger partial charge in [-0.2, -0.15) is 5.10 Å². The van der Waals surface area contributed by atoms with E-state index < -0.39 is 0 Å². The third kappa shape index (κ3) is 3.30. The number of anilines is 1. The number of nitrogens with zero attached hydrogens (tertiary/aromatic N) is 3. The number of para-hydroxylation sites is 1. The van der Waals surface area contributed by atoms with Crippen molar-refractivity contribution < 1.29 is 0 Å². The lowest BCUT2D eigenvalue weighted by Gasteiger charge is -2.11. The topological polar surface area (TPSA) is 42.2 Å². The predicted octanol–water partition coefficient (Wildman–Crippen LogP) is 6.30. The van der Waals surface area contributed by atoms with Crippen LogP contribution in [0.3, 0.4) is 0 Å². The van der Waals surface area contributed by atoms with Crippen molar-refractivity contribution in [2.75, 3.05) is 5.43 Å². The molecule has 2 aromatic heterocycles. The maximum absolute atomic E-state index is 4.55. The van der Waals surface area contributed by atoms with Crippen molar-refractivity contribution in [1.82, 2.24) is 9.55 Å². The molecule has 5 rings (SSSR count). The Morgan fingerprint density at radius 2 is 1.72 bits per heavy atom. The molecule has 0 aliphatic rings. The molecule has 0 fully saturated rings. The average Bonchev–Trinajstić information content (AvgIpc) is 3.27. The quantitative estimate of drug-likeness (QED) is 0.286. The largest absolute Gasteiger partial charge is 0.318 e. The first-order chi connectivity index (χ1) is 14.2. The highest BCUT2D eigenvalue weighted by Gasteiger charge is 2.10. The third-order valence-electron chi connectivity index (χ3n) is 5.12. The molecule has 0 radical (unpaired) electrons. The van der Waals surface area contributed by atoms with Gasteiger partial charge in [0.1, 0.15) is 0 Å². The van der Waals surface area contributed by atoms with Crippen molar-refractivity contribution in [1.29, 1.82) is 0 Å². The molecular formula is C24H20N4S. The zero-order valence-electron chi connectivity index (χ0n) is 16.3. The van der Waals surface area contributed by atoms with Crippen LogP contribution in [0.5, 0.6) is 0 Å². The summed E-state index contributed by atoms with van der Waals surface area (Å²) in [6.07, 6.45) is 1.87. The van der Waals surface area contributed by atoms with Crippen molar-refractivity contribution in [3.63, 3.8) is 0 Å². The molecular weight excluding hydrogens is 376 g/mol. The first-order valence-electron chi connectivity index (χ1n) is 9.52. The van der Waals surface area contributed by atoms with Crippen LogP contribution >= 0.6 is 11.3 Å². The minimum atomic E-state index is 0.797. The third-order valence-corrected chi connectivity index (χ3v) is 6.06. The van der Waals surface area contributed by atoms with E-state index in [0.717, 1.165) is 32.3 Å². The molecule has 4 nitrogen and oxygen atoms in total. The van der Waals surface area contributed by atoms with Crippen LogP contribution in [0.25, 0.3) is 26.7 Å². The minimum absolute atomic E-state index is 0.797. The van der Waals surface area contributed by atoms with Gasteiger partial charge in [-0.3, -0.25) is 5.43 Å². The Morgan fingerprint density at radius 1 is 0.931 bits per heavy atom. The van der Waals surface area contributed by atoms with Crippen molar-refractivity contribution in [3.05, 3.63) is 89.7 Å². The molecule has 0 aliphatic heterocycles. The van der Waals surface area contributed by atoms with Crippen molar-refractivity contribution in [2.24, 2.45) is 5.10 Å². The number of hydrazone groups is 1. The summed E-state index contributed by atoms with van der Waals surface area (Å²) in [6.45, 7) is 4.25. The second kappa shape index (κ2) is 7.18. The molecule has 0 bridgehead atoms. The number of hydrogen-bond acceptors (Lipinski definition) is 4. The summed E-state index contributed by atoms with van der Waals surface area (Å²) >= 11 is 1.60. The Morgan fingerprint density at radius 3 is 2.59 bits per heavy atom. The molecule has 0 saturated heterocycles. The van der Waals surface area contributed by atoms with Crippen molar-refractivity contribution in [2.45, 2.75) is 13.8 Å². The van der Waals surface area contributed by atoms with Crippen molar-refractivity contribution >= 4 is 43.7 Å². The Labute approximate surface area is 173 Å². The van der Waals surface area contributed by atoms with E-state index in [4.69, 9.17) is 0 Å². The smallest absolute Gasteiger partial charge is 0.204 e. The van der Waals surface area contributed by atoms with Gasteiger partial charge in [0.25, 0.3) is 0 Å². The van der Waals surface area contributed by atoms with Crippen LogP contribution in [-0.4, -0.2) is 15.8 Å². The van der Waals surface area contributed by atoms with Crippen LogP contribution in [0, 0.1) is 13.8 Å². The molecule has 0 amide bonds. The maximum Gasteiger partial charge on any atom is 0.204 e. The van der Waals surface area contributed by atoms with E-state index in [-0.39, 0.29) is 0 Å². The molecule has 5 aromatic rings. The molecule has 29 heavy (non-hydrogen) atoms. The molecule has 0 aliphatic carbocycles. The number of hydrogen-bond donors (Lipinski definition) is 1. The summed E-state index contributed by atoms with van der Waals surface area (Å²) in [5, 5.41) is 7.71. The fourth-order valence-electron chi connectivity index (χ4n) is 3.71. The van der Waals surface area contributed by atoms with Gasteiger partial charge in [-0.05, 0) is 55.0 Å². The van der Waals surface area contributed by atoms with E-state index in [1.54, 1.807) is 11.3 Å². The summed E-state index contributed by atoms with van der Waals surface area (Å²) in [6, 6.07) is 25.3. The van der Waals surface area contributed by atoms with Gasteiger partial charge in [-0.25, -0.2) is 4.98 Å². The van der Waals surface area contributed by atoms with E-state index in [1.807, 2.05) is 24.4 Å². The average molecular weight is 397 g/mol. The monoisotopic (exact) mass is 396 g/mol. The fourth-order valence-corrected chi connectivity index (χ4v) is 4.52. The van der Waals surface area contributed by atoms with Crippen molar-refractivity contribution in [3.8, 4) is 5.69 Å². The number of thiazole rings is 1. The molecule has 0 unspecified atom stereocenters. The van der Waals surface area contributed by atoms with E-state index >= 15 is 0 Å². The molecule has 142 valence electrons. The minimum Gasteiger partial charge on any atom is -0.318 e. The first kappa shape index (κ1) is 17.6. The molecule has 3 aromatic carbocycles. The number of benzene rings is 3. The summed E-state index contributed by atoms with van der Waals surface area (Å²) < 4.78 is 3.42. The van der Waals surface area contributed by atoms with E-state index in [9.17, 15) is 0 Å². The van der Waals surface area contributed by atoms with Crippen LogP contribution < -0.4 is 5.43 Å². The molecule has 0 saturated carbocycles. The zero-order chi connectivity index (χ0) is 19.8. The fraction of sp³-hybridized carbons (Fsp3) is 0.0833. The van der Waals surface area contributed by atoms with Crippen LogP contribution in [0.4, 0.5) is 5.13 Å². The van der Waals surface area contributed by atoms with Crippen LogP contribution in [0.2, 0.25) is 0 Å². The Kier molecular flexibility index (Phi) is 4.37. The number of aromatic nitrogens is 2. The Balaban J connectivity index is 1.43. The predicted molar refractivity (Wildman–Crippen MR) is 124 cm³/mol. The van der Waals surface area contributed by atoms with E-state index in [0.29, 0.717) is 0 Å². The van der Waals surface area contributed by atoms with Crippen LogP contribution in [-0.2, 0) is 0 Å². The summed E-state index contributed by atoms with van der Waals surface area (Å²) in [4.78, 5) is 4.55. The number of rotatable bonds is 4. The molecule has 0 spiro atoms. The molecule has 5 heteroatoms. The Hall–Kier alpha value is -3.44. The molecule has 2 heterocycles. The highest BCUT2D eigenvalue weighted by atomic mass is 32.1. The summed E-state index contributed by atoms with van der Waals surface area (Å²) in [5.41, 5.74) is 8.65. The highest BCUT2D eigenvalue weighted by molar-refractivity contribution is 7.22. The SMILES string of the molecule is Cc1cc(/C=N/Nc2nc3ccccc3s2)c(C)n1-c1ccc2ccccc2c1. The summed E-state index contributed by atoms with van der Waals surface area (Å²) in [5.74, 6) is 0. The number of fused-ring (bicyclic) bond motifs is 2. The zero-order valence-corrected chi connectivity index (χ0v) is 17.1. The maximum atomic E-state index is 4.55. The van der Waals surface area contributed by atoms with E-state index in [2.05, 4.69) is 88.5 Å². The lowest BCUT2D eigenvalue weighted by molar-refractivity contribution is 0.967. The first-order valence-corrected chi connectivity index (χ1v) is 10.3. The van der Waals surface area contributed by atoms with E-state index in [1.165, 1.54) is 16.5 Å². The van der Waals surface area contributed by atoms with Gasteiger partial charge in [0.2, 0.25) is 5.13 Å². The van der Waals surface area contributed by atoms with Gasteiger partial charge >= 0.3 is 0 Å². The standard InChI is InChI=1S/C24H20N4S/c1-16-13-20(15-25-27-24-26-22-9-5-6-10-23(22)29-24)17(2)28(16)21-12-11-18-7-3-4-8-19(18)14-21/h3-15H,1-2H3,(H,26,27)/b25-15+. The molecule has 1 N–H and O–H groups in total. The van der Waals surface area contributed by atoms with Crippen LogP contribution in [0.1, 0.15) is 17.0 Å². The lowest BCUT2D eigenvalue weighted by Crippen LogP contribution is -1.99. The van der Waals surface area contributed by atoms with Gasteiger partial charge in [0.15, 0.2) is 0 Å². The van der Waals surface area contributed by atoms with Gasteiger partial charge in [-0.1, -0.05) is 53.8 Å². The second-order valence-corrected chi connectivity index (χ2v) is 8.08. The van der Waals surface area contributed by atoms with Gasteiger partial charge in [0, 0.05) is 22.6 Å². The molecule has 0 atom stereocenters. The van der Waals surface area contributed by atoms with Crippen LogP contribution in [0.15, 0.2) is 77.9 Å². The lowest BCUT2D eigenvalue weighted by atomic mass is 10.1. The highest BCUT2D eigenvalue weighted by Crippen LogP contribution is 2.26. The Bertz CT molecular complexity index is 1330. The number of nitrogens with one attached hydrogen (secondary N) is 1. The van der Waals surface area contributed by atoms with Gasteiger partial charge < -0.3 is 4.57 Å².